The number of carbonyl (C=O) groups is 1. The van der Waals surface area contributed by atoms with Crippen LogP contribution in [-0.2, 0) is 17.5 Å². The second-order valence-electron chi connectivity index (χ2n) is 6.19. The predicted octanol–water partition coefficient (Wildman–Crippen LogP) is 3.32. The van der Waals surface area contributed by atoms with Gasteiger partial charge in [-0.25, -0.2) is 0 Å². The minimum atomic E-state index is -4.35. The largest absolute Gasteiger partial charge is 0.416 e. The number of benzene rings is 2. The van der Waals surface area contributed by atoms with Crippen LogP contribution in [0.5, 0.6) is 0 Å². The smallest absolute Gasteiger partial charge is 0.352 e. The highest BCUT2D eigenvalue weighted by molar-refractivity contribution is 5.80. The van der Waals surface area contributed by atoms with Gasteiger partial charge < -0.3 is 10.6 Å². The van der Waals surface area contributed by atoms with E-state index in [-0.39, 0.29) is 17.7 Å². The third kappa shape index (κ3) is 4.20. The lowest BCUT2D eigenvalue weighted by atomic mass is 9.88. The molecule has 1 aliphatic rings. The topological polar surface area (TPSA) is 41.1 Å². The number of rotatable bonds is 4. The average Bonchev–Trinajstić information content (AvgIpc) is 3.10. The molecule has 0 bridgehead atoms. The van der Waals surface area contributed by atoms with Crippen LogP contribution in [-0.4, -0.2) is 19.0 Å². The molecule has 1 aliphatic heterocycles. The van der Waals surface area contributed by atoms with Gasteiger partial charge in [0.1, 0.15) is 0 Å². The lowest BCUT2D eigenvalue weighted by Gasteiger charge is -2.19. The van der Waals surface area contributed by atoms with E-state index < -0.39 is 11.7 Å². The monoisotopic (exact) mass is 348 g/mol. The Hall–Kier alpha value is -2.34. The van der Waals surface area contributed by atoms with E-state index in [1.54, 1.807) is 0 Å². The van der Waals surface area contributed by atoms with Gasteiger partial charge in [0.2, 0.25) is 5.91 Å². The number of hydrogen-bond acceptors (Lipinski definition) is 2. The zero-order valence-corrected chi connectivity index (χ0v) is 13.5. The molecule has 3 nitrogen and oxygen atoms in total. The summed E-state index contributed by atoms with van der Waals surface area (Å²) < 4.78 is 38.1. The van der Waals surface area contributed by atoms with E-state index >= 15 is 0 Å². The Morgan fingerprint density at radius 3 is 2.36 bits per heavy atom. The molecule has 1 heterocycles. The summed E-state index contributed by atoms with van der Waals surface area (Å²) in [5.74, 6) is -0.503. The molecular formula is C19H19F3N2O. The molecule has 3 rings (SSSR count). The Morgan fingerprint density at radius 1 is 1.04 bits per heavy atom. The molecule has 0 aromatic heterocycles. The molecule has 1 unspecified atom stereocenters. The fourth-order valence-corrected chi connectivity index (χ4v) is 3.14. The molecule has 0 radical (unpaired) electrons. The highest BCUT2D eigenvalue weighted by atomic mass is 19.4. The van der Waals surface area contributed by atoms with Crippen molar-refractivity contribution in [2.24, 2.45) is 5.92 Å². The number of hydrogen-bond donors (Lipinski definition) is 2. The first kappa shape index (κ1) is 17.5. The second-order valence-corrected chi connectivity index (χ2v) is 6.19. The summed E-state index contributed by atoms with van der Waals surface area (Å²) >= 11 is 0. The molecule has 0 aliphatic carbocycles. The summed E-state index contributed by atoms with van der Waals surface area (Å²) in [6, 6.07) is 14.7. The maximum atomic E-state index is 12.7. The molecule has 25 heavy (non-hydrogen) atoms. The molecule has 132 valence electrons. The van der Waals surface area contributed by atoms with E-state index in [9.17, 15) is 18.0 Å². The lowest BCUT2D eigenvalue weighted by molar-refractivity contribution is -0.137. The van der Waals surface area contributed by atoms with Crippen molar-refractivity contribution in [2.45, 2.75) is 18.6 Å². The summed E-state index contributed by atoms with van der Waals surface area (Å²) in [6.45, 7) is 1.54. The molecule has 0 saturated carbocycles. The van der Waals surface area contributed by atoms with Crippen molar-refractivity contribution >= 4 is 5.91 Å². The van der Waals surface area contributed by atoms with Crippen LogP contribution in [0.3, 0.4) is 0 Å². The number of alkyl halides is 3. The number of nitrogens with one attached hydrogen (secondary N) is 2. The van der Waals surface area contributed by atoms with Crippen molar-refractivity contribution in [2.75, 3.05) is 13.1 Å². The molecule has 0 spiro atoms. The summed E-state index contributed by atoms with van der Waals surface area (Å²) in [6.07, 6.45) is -4.35. The summed E-state index contributed by atoms with van der Waals surface area (Å²) in [5, 5.41) is 6.08. The molecule has 2 N–H and O–H groups in total. The van der Waals surface area contributed by atoms with E-state index in [2.05, 4.69) is 10.6 Å². The van der Waals surface area contributed by atoms with Gasteiger partial charge in [0.25, 0.3) is 0 Å². The Morgan fingerprint density at radius 2 is 1.72 bits per heavy atom. The van der Waals surface area contributed by atoms with Crippen LogP contribution < -0.4 is 10.6 Å². The number of amides is 1. The van der Waals surface area contributed by atoms with Gasteiger partial charge in [-0.15, -0.1) is 0 Å². The van der Waals surface area contributed by atoms with Gasteiger partial charge in [-0.2, -0.15) is 13.2 Å². The SMILES string of the molecule is O=C(NCc1ccccc1)[C@@H]1CNCC1c1ccc(C(F)(F)F)cc1. The van der Waals surface area contributed by atoms with Gasteiger partial charge in [-0.1, -0.05) is 42.5 Å². The quantitative estimate of drug-likeness (QED) is 0.890. The third-order valence-electron chi connectivity index (χ3n) is 4.53. The van der Waals surface area contributed by atoms with Gasteiger partial charge >= 0.3 is 6.18 Å². The van der Waals surface area contributed by atoms with Crippen LogP contribution in [0.25, 0.3) is 0 Å². The molecular weight excluding hydrogens is 329 g/mol. The highest BCUT2D eigenvalue weighted by Crippen LogP contribution is 2.33. The fourth-order valence-electron chi connectivity index (χ4n) is 3.14. The highest BCUT2D eigenvalue weighted by Gasteiger charge is 2.35. The molecule has 2 atom stereocenters. The lowest BCUT2D eigenvalue weighted by Crippen LogP contribution is -2.34. The van der Waals surface area contributed by atoms with Gasteiger partial charge in [0, 0.05) is 25.6 Å². The van der Waals surface area contributed by atoms with Crippen molar-refractivity contribution in [3.8, 4) is 0 Å². The maximum absolute atomic E-state index is 12.7. The Balaban J connectivity index is 1.66. The van der Waals surface area contributed by atoms with E-state index in [0.29, 0.717) is 19.6 Å². The number of halogens is 3. The Kier molecular flexibility index (Phi) is 5.08. The fraction of sp³-hybridized carbons (Fsp3) is 0.316. The molecule has 1 amide bonds. The van der Waals surface area contributed by atoms with Crippen molar-refractivity contribution in [1.29, 1.82) is 0 Å². The Bertz CT molecular complexity index is 714. The van der Waals surface area contributed by atoms with Gasteiger partial charge in [-0.05, 0) is 23.3 Å². The van der Waals surface area contributed by atoms with Gasteiger partial charge in [0.15, 0.2) is 0 Å². The van der Waals surface area contributed by atoms with Crippen molar-refractivity contribution in [1.82, 2.24) is 10.6 Å². The first-order chi connectivity index (χ1) is 11.9. The zero-order chi connectivity index (χ0) is 17.9. The summed E-state index contributed by atoms with van der Waals surface area (Å²) in [5.41, 5.74) is 1.08. The molecule has 1 saturated heterocycles. The van der Waals surface area contributed by atoms with Crippen LogP contribution in [0.2, 0.25) is 0 Å². The zero-order valence-electron chi connectivity index (χ0n) is 13.5. The standard InChI is InChI=1S/C19H19F3N2O/c20-19(21,22)15-8-6-14(7-9-15)16-11-23-12-17(16)18(25)24-10-13-4-2-1-3-5-13/h1-9,16-17,23H,10-12H2,(H,24,25)/t16?,17-/m1/s1. The average molecular weight is 348 g/mol. The van der Waals surface area contributed by atoms with Gasteiger partial charge in [-0.3, -0.25) is 4.79 Å². The first-order valence-electron chi connectivity index (χ1n) is 8.14. The summed E-state index contributed by atoms with van der Waals surface area (Å²) in [4.78, 5) is 12.5. The van der Waals surface area contributed by atoms with Crippen LogP contribution in [0.4, 0.5) is 13.2 Å². The molecule has 1 fully saturated rings. The van der Waals surface area contributed by atoms with E-state index in [1.165, 1.54) is 12.1 Å². The molecule has 6 heteroatoms. The maximum Gasteiger partial charge on any atom is 0.416 e. The van der Waals surface area contributed by atoms with Crippen molar-refractivity contribution < 1.29 is 18.0 Å². The minimum absolute atomic E-state index is 0.0845. The summed E-state index contributed by atoms with van der Waals surface area (Å²) in [7, 11) is 0. The molecule has 2 aromatic rings. The van der Waals surface area contributed by atoms with Gasteiger partial charge in [0.05, 0.1) is 11.5 Å². The second kappa shape index (κ2) is 7.27. The van der Waals surface area contributed by atoms with Crippen LogP contribution in [0, 0.1) is 5.92 Å². The van der Waals surface area contributed by atoms with E-state index in [0.717, 1.165) is 23.3 Å². The minimum Gasteiger partial charge on any atom is -0.352 e. The molecule has 2 aromatic carbocycles. The van der Waals surface area contributed by atoms with Crippen LogP contribution >= 0.6 is 0 Å². The van der Waals surface area contributed by atoms with E-state index in [1.807, 2.05) is 30.3 Å². The normalized spacial score (nSPS) is 20.4. The third-order valence-corrected chi connectivity index (χ3v) is 4.53. The first-order valence-corrected chi connectivity index (χ1v) is 8.14. The van der Waals surface area contributed by atoms with E-state index in [4.69, 9.17) is 0 Å². The predicted molar refractivity (Wildman–Crippen MR) is 88.8 cm³/mol. The van der Waals surface area contributed by atoms with Crippen molar-refractivity contribution in [3.63, 3.8) is 0 Å². The Labute approximate surface area is 144 Å². The van der Waals surface area contributed by atoms with Crippen LogP contribution in [0.15, 0.2) is 54.6 Å². The van der Waals surface area contributed by atoms with Crippen molar-refractivity contribution in [3.05, 3.63) is 71.3 Å². The number of carbonyl (C=O) groups excluding carboxylic acids is 1. The van der Waals surface area contributed by atoms with Crippen LogP contribution in [0.1, 0.15) is 22.6 Å².